The minimum absolute atomic E-state index is 0.0933. The molecule has 0 aliphatic carbocycles. The van der Waals surface area contributed by atoms with Crippen LogP contribution in [0.25, 0.3) is 11.3 Å². The molecule has 2 aromatic heterocycles. The molecule has 0 N–H and O–H groups in total. The van der Waals surface area contributed by atoms with Crippen molar-refractivity contribution >= 4 is 28.7 Å². The molecule has 0 aliphatic heterocycles. The van der Waals surface area contributed by atoms with Gasteiger partial charge in [-0.25, -0.2) is 9.97 Å². The molecule has 1 aromatic carbocycles. The molecule has 2 heterocycles. The van der Waals surface area contributed by atoms with Crippen molar-refractivity contribution in [3.05, 3.63) is 63.2 Å². The van der Waals surface area contributed by atoms with Crippen LogP contribution in [0.2, 0.25) is 5.15 Å². The Kier molecular flexibility index (Phi) is 5.48. The monoisotopic (exact) mass is 412 g/mol. The van der Waals surface area contributed by atoms with Gasteiger partial charge in [0, 0.05) is 34.7 Å². The molecule has 27 heavy (non-hydrogen) atoms. The van der Waals surface area contributed by atoms with E-state index in [1.807, 2.05) is 0 Å². The van der Waals surface area contributed by atoms with E-state index in [0.29, 0.717) is 21.4 Å². The summed E-state index contributed by atoms with van der Waals surface area (Å²) in [5, 5.41) is 2.67. The SMILES string of the molecule is CC(=O)c1ccc(OC(F)(F)F)c(Cc2nc(-c3ccnc(Cl)c3)cs2)c1. The van der Waals surface area contributed by atoms with Crippen LogP contribution in [-0.4, -0.2) is 22.1 Å². The Bertz CT molecular complexity index is 989. The Labute approximate surface area is 161 Å². The van der Waals surface area contributed by atoms with E-state index in [4.69, 9.17) is 11.6 Å². The predicted octanol–water partition coefficient (Wildman–Crippen LogP) is 5.55. The van der Waals surface area contributed by atoms with Crippen LogP contribution >= 0.6 is 22.9 Å². The topological polar surface area (TPSA) is 52.1 Å². The summed E-state index contributed by atoms with van der Waals surface area (Å²) in [5.74, 6) is -0.600. The Hall–Kier alpha value is -2.45. The van der Waals surface area contributed by atoms with Crippen molar-refractivity contribution in [3.63, 3.8) is 0 Å². The fourth-order valence-electron chi connectivity index (χ4n) is 2.41. The van der Waals surface area contributed by atoms with E-state index in [9.17, 15) is 18.0 Å². The lowest BCUT2D eigenvalue weighted by Gasteiger charge is -2.13. The number of alkyl halides is 3. The maximum Gasteiger partial charge on any atom is 0.573 e. The first kappa shape index (κ1) is 19.3. The summed E-state index contributed by atoms with van der Waals surface area (Å²) in [5.41, 5.74) is 1.92. The molecule has 4 nitrogen and oxygen atoms in total. The number of benzene rings is 1. The van der Waals surface area contributed by atoms with Gasteiger partial charge < -0.3 is 4.74 Å². The second kappa shape index (κ2) is 7.66. The van der Waals surface area contributed by atoms with Crippen LogP contribution in [0.3, 0.4) is 0 Å². The average molecular weight is 413 g/mol. The molecular formula is C18H12ClF3N2O2S. The third-order valence-corrected chi connectivity index (χ3v) is 4.66. The van der Waals surface area contributed by atoms with Crippen molar-refractivity contribution in [2.24, 2.45) is 0 Å². The van der Waals surface area contributed by atoms with Crippen LogP contribution in [0, 0.1) is 0 Å². The fourth-order valence-corrected chi connectivity index (χ4v) is 3.41. The van der Waals surface area contributed by atoms with Gasteiger partial charge in [-0.2, -0.15) is 0 Å². The molecule has 0 saturated heterocycles. The first-order valence-corrected chi connectivity index (χ1v) is 8.93. The van der Waals surface area contributed by atoms with Gasteiger partial charge in [-0.3, -0.25) is 4.79 Å². The zero-order valence-electron chi connectivity index (χ0n) is 13.9. The van der Waals surface area contributed by atoms with Crippen LogP contribution in [0.15, 0.2) is 41.9 Å². The highest BCUT2D eigenvalue weighted by Gasteiger charge is 2.32. The van der Waals surface area contributed by atoms with E-state index in [-0.39, 0.29) is 23.5 Å². The molecule has 0 radical (unpaired) electrons. The first-order valence-electron chi connectivity index (χ1n) is 7.67. The number of Topliss-reactive ketones (excluding diaryl/α,β-unsaturated/α-hetero) is 1. The van der Waals surface area contributed by atoms with Gasteiger partial charge in [0.05, 0.1) is 10.7 Å². The second-order valence-electron chi connectivity index (χ2n) is 5.60. The second-order valence-corrected chi connectivity index (χ2v) is 6.93. The lowest BCUT2D eigenvalue weighted by Crippen LogP contribution is -2.18. The van der Waals surface area contributed by atoms with Crippen LogP contribution in [0.1, 0.15) is 27.9 Å². The summed E-state index contributed by atoms with van der Waals surface area (Å²) in [7, 11) is 0. The number of nitrogens with zero attached hydrogens (tertiary/aromatic N) is 2. The molecule has 0 spiro atoms. The predicted molar refractivity (Wildman–Crippen MR) is 96.3 cm³/mol. The molecule has 9 heteroatoms. The number of pyridine rings is 1. The highest BCUT2D eigenvalue weighted by Crippen LogP contribution is 2.31. The summed E-state index contributed by atoms with van der Waals surface area (Å²) in [4.78, 5) is 19.9. The summed E-state index contributed by atoms with van der Waals surface area (Å²) in [6.45, 7) is 1.35. The fraction of sp³-hybridized carbons (Fsp3) is 0.167. The van der Waals surface area contributed by atoms with E-state index >= 15 is 0 Å². The number of aromatic nitrogens is 2. The summed E-state index contributed by atoms with van der Waals surface area (Å²) < 4.78 is 42.1. The highest BCUT2D eigenvalue weighted by molar-refractivity contribution is 7.10. The normalized spacial score (nSPS) is 11.4. The Morgan fingerprint density at radius 1 is 1.26 bits per heavy atom. The maximum absolute atomic E-state index is 12.7. The smallest absolute Gasteiger partial charge is 0.405 e. The molecule has 140 valence electrons. The first-order chi connectivity index (χ1) is 12.7. The minimum Gasteiger partial charge on any atom is -0.405 e. The molecule has 0 saturated carbocycles. The van der Waals surface area contributed by atoms with Gasteiger partial charge in [0.15, 0.2) is 5.78 Å². The van der Waals surface area contributed by atoms with Crippen molar-refractivity contribution in [1.82, 2.24) is 9.97 Å². The van der Waals surface area contributed by atoms with Gasteiger partial charge in [0.25, 0.3) is 0 Å². The van der Waals surface area contributed by atoms with Crippen molar-refractivity contribution in [2.75, 3.05) is 0 Å². The van der Waals surface area contributed by atoms with E-state index < -0.39 is 6.36 Å². The molecule has 0 bridgehead atoms. The quantitative estimate of drug-likeness (QED) is 0.407. The number of thiazole rings is 1. The van der Waals surface area contributed by atoms with Crippen LogP contribution in [-0.2, 0) is 6.42 Å². The summed E-state index contributed by atoms with van der Waals surface area (Å²) in [6.07, 6.45) is -3.19. The minimum atomic E-state index is -4.83. The Morgan fingerprint density at radius 2 is 2.04 bits per heavy atom. The van der Waals surface area contributed by atoms with E-state index in [1.54, 1.807) is 23.7 Å². The van der Waals surface area contributed by atoms with Crippen molar-refractivity contribution in [3.8, 4) is 17.0 Å². The zero-order chi connectivity index (χ0) is 19.6. The third kappa shape index (κ3) is 5.05. The molecule has 3 aromatic rings. The van der Waals surface area contributed by atoms with E-state index in [1.165, 1.54) is 30.4 Å². The van der Waals surface area contributed by atoms with Crippen molar-refractivity contribution in [1.29, 1.82) is 0 Å². The number of carbonyl (C=O) groups is 1. The number of halogens is 4. The number of hydrogen-bond acceptors (Lipinski definition) is 5. The standard InChI is InChI=1S/C18H12ClF3N2O2S/c1-10(25)11-2-3-15(26-18(20,21)22)13(6-11)8-17-24-14(9-27-17)12-4-5-23-16(19)7-12/h2-7,9H,8H2,1H3. The maximum atomic E-state index is 12.7. The molecule has 0 fully saturated rings. The number of carbonyl (C=O) groups excluding carboxylic acids is 1. The molecule has 3 rings (SSSR count). The zero-order valence-corrected chi connectivity index (χ0v) is 15.5. The Balaban J connectivity index is 1.92. The van der Waals surface area contributed by atoms with Crippen molar-refractivity contribution < 1.29 is 22.7 Å². The van der Waals surface area contributed by atoms with Crippen LogP contribution in [0.5, 0.6) is 5.75 Å². The van der Waals surface area contributed by atoms with Crippen molar-refractivity contribution in [2.45, 2.75) is 19.7 Å². The number of rotatable bonds is 5. The summed E-state index contributed by atoms with van der Waals surface area (Å²) >= 11 is 7.16. The number of ketones is 1. The number of ether oxygens (including phenoxy) is 1. The van der Waals surface area contributed by atoms with Crippen LogP contribution in [0.4, 0.5) is 13.2 Å². The lowest BCUT2D eigenvalue weighted by molar-refractivity contribution is -0.274. The molecule has 0 aliphatic rings. The van der Waals surface area contributed by atoms with Gasteiger partial charge >= 0.3 is 6.36 Å². The third-order valence-electron chi connectivity index (χ3n) is 3.61. The molecular weight excluding hydrogens is 401 g/mol. The van der Waals surface area contributed by atoms with Gasteiger partial charge in [-0.1, -0.05) is 11.6 Å². The van der Waals surface area contributed by atoms with Gasteiger partial charge in [-0.15, -0.1) is 24.5 Å². The average Bonchev–Trinajstić information content (AvgIpc) is 3.03. The number of hydrogen-bond donors (Lipinski definition) is 0. The van der Waals surface area contributed by atoms with Gasteiger partial charge in [0.1, 0.15) is 10.9 Å². The lowest BCUT2D eigenvalue weighted by atomic mass is 10.0. The van der Waals surface area contributed by atoms with Crippen LogP contribution < -0.4 is 4.74 Å². The van der Waals surface area contributed by atoms with E-state index in [0.717, 1.165) is 11.6 Å². The molecule has 0 unspecified atom stereocenters. The molecule has 0 atom stereocenters. The molecule has 0 amide bonds. The van der Waals surface area contributed by atoms with E-state index in [2.05, 4.69) is 14.7 Å². The van der Waals surface area contributed by atoms with Gasteiger partial charge in [0.2, 0.25) is 0 Å². The van der Waals surface area contributed by atoms with Gasteiger partial charge in [-0.05, 0) is 37.3 Å². The summed E-state index contributed by atoms with van der Waals surface area (Å²) in [6, 6.07) is 7.23. The highest BCUT2D eigenvalue weighted by atomic mass is 35.5. The Morgan fingerprint density at radius 3 is 2.70 bits per heavy atom. The largest absolute Gasteiger partial charge is 0.573 e.